The summed E-state index contributed by atoms with van der Waals surface area (Å²) in [6, 6.07) is 9.63. The molecule has 0 fully saturated rings. The number of aromatic amines is 1. The molecule has 102 valence electrons. The van der Waals surface area contributed by atoms with Crippen molar-refractivity contribution < 1.29 is 4.42 Å². The van der Waals surface area contributed by atoms with Crippen LogP contribution in [-0.2, 0) is 0 Å². The van der Waals surface area contributed by atoms with E-state index in [0.717, 1.165) is 5.56 Å². The molecule has 1 unspecified atom stereocenters. The Morgan fingerprint density at radius 3 is 2.75 bits per heavy atom. The maximum atomic E-state index is 5.67. The van der Waals surface area contributed by atoms with Gasteiger partial charge in [-0.1, -0.05) is 30.0 Å². The zero-order chi connectivity index (χ0) is 13.9. The molecule has 1 aromatic carbocycles. The van der Waals surface area contributed by atoms with E-state index in [1.54, 1.807) is 0 Å². The lowest BCUT2D eigenvalue weighted by atomic mass is 10.2. The standard InChI is InChI=1S/C12H12N6OS/c1-7(20-12-14-11(13)17-18-12)9-15-16-10(19-9)8-5-3-2-4-6-8/h2-7H,1H3,(H3,13,14,17,18). The molecule has 0 amide bonds. The van der Waals surface area contributed by atoms with Crippen LogP contribution in [0.25, 0.3) is 11.5 Å². The fraction of sp³-hybridized carbons (Fsp3) is 0.167. The summed E-state index contributed by atoms with van der Waals surface area (Å²) in [5.41, 5.74) is 6.37. The van der Waals surface area contributed by atoms with Gasteiger partial charge in [0.25, 0.3) is 0 Å². The van der Waals surface area contributed by atoms with Crippen molar-refractivity contribution >= 4 is 17.7 Å². The number of nitrogen functional groups attached to an aromatic ring is 1. The number of hydrogen-bond donors (Lipinski definition) is 2. The van der Waals surface area contributed by atoms with E-state index in [4.69, 9.17) is 10.2 Å². The van der Waals surface area contributed by atoms with Gasteiger partial charge in [0.1, 0.15) is 0 Å². The van der Waals surface area contributed by atoms with Gasteiger partial charge in [-0.2, -0.15) is 4.98 Å². The zero-order valence-corrected chi connectivity index (χ0v) is 11.5. The Labute approximate surface area is 119 Å². The van der Waals surface area contributed by atoms with Crippen molar-refractivity contribution in [1.82, 2.24) is 25.4 Å². The molecule has 0 saturated heterocycles. The van der Waals surface area contributed by atoms with Crippen LogP contribution in [0.15, 0.2) is 39.9 Å². The van der Waals surface area contributed by atoms with Crippen LogP contribution >= 0.6 is 11.8 Å². The molecule has 2 heterocycles. The second kappa shape index (κ2) is 5.33. The van der Waals surface area contributed by atoms with E-state index in [9.17, 15) is 0 Å². The summed E-state index contributed by atoms with van der Waals surface area (Å²) in [6.45, 7) is 1.94. The van der Waals surface area contributed by atoms with Gasteiger partial charge in [-0.05, 0) is 19.1 Å². The maximum Gasteiger partial charge on any atom is 0.247 e. The van der Waals surface area contributed by atoms with Crippen LogP contribution in [0.3, 0.4) is 0 Å². The summed E-state index contributed by atoms with van der Waals surface area (Å²) >= 11 is 1.40. The molecular weight excluding hydrogens is 276 g/mol. The average Bonchev–Trinajstić information content (AvgIpc) is 3.09. The SMILES string of the molecule is CC(Sc1n[nH]c(N)n1)c1nnc(-c2ccccc2)o1. The minimum Gasteiger partial charge on any atom is -0.419 e. The second-order valence-electron chi connectivity index (χ2n) is 4.07. The quantitative estimate of drug-likeness (QED) is 0.709. The molecule has 3 aromatic rings. The Hall–Kier alpha value is -2.35. The summed E-state index contributed by atoms with van der Waals surface area (Å²) in [7, 11) is 0. The monoisotopic (exact) mass is 288 g/mol. The van der Waals surface area contributed by atoms with Gasteiger partial charge in [0.15, 0.2) is 0 Å². The number of nitrogens with two attached hydrogens (primary N) is 1. The van der Waals surface area contributed by atoms with Crippen molar-refractivity contribution in [3.05, 3.63) is 36.2 Å². The van der Waals surface area contributed by atoms with Crippen molar-refractivity contribution in [1.29, 1.82) is 0 Å². The highest BCUT2D eigenvalue weighted by Crippen LogP contribution is 2.33. The number of anilines is 1. The largest absolute Gasteiger partial charge is 0.419 e. The number of H-pyrrole nitrogens is 1. The van der Waals surface area contributed by atoms with Crippen LogP contribution in [0.4, 0.5) is 5.95 Å². The van der Waals surface area contributed by atoms with Crippen molar-refractivity contribution in [2.24, 2.45) is 0 Å². The zero-order valence-electron chi connectivity index (χ0n) is 10.6. The lowest BCUT2D eigenvalue weighted by molar-refractivity contribution is 0.509. The number of nitrogens with zero attached hydrogens (tertiary/aromatic N) is 4. The second-order valence-corrected chi connectivity index (χ2v) is 5.38. The van der Waals surface area contributed by atoms with Crippen molar-refractivity contribution in [2.45, 2.75) is 17.3 Å². The van der Waals surface area contributed by atoms with E-state index in [-0.39, 0.29) is 11.2 Å². The minimum absolute atomic E-state index is 0.0600. The molecule has 0 aliphatic rings. The van der Waals surface area contributed by atoms with Gasteiger partial charge in [0.2, 0.25) is 22.9 Å². The molecule has 7 nitrogen and oxygen atoms in total. The van der Waals surface area contributed by atoms with E-state index >= 15 is 0 Å². The third-order valence-electron chi connectivity index (χ3n) is 2.57. The molecule has 0 aliphatic carbocycles. The van der Waals surface area contributed by atoms with Crippen LogP contribution in [0, 0.1) is 0 Å². The van der Waals surface area contributed by atoms with E-state index in [0.29, 0.717) is 16.9 Å². The van der Waals surface area contributed by atoms with Gasteiger partial charge >= 0.3 is 0 Å². The summed E-state index contributed by atoms with van der Waals surface area (Å²) < 4.78 is 5.67. The number of benzene rings is 1. The van der Waals surface area contributed by atoms with Crippen molar-refractivity contribution in [3.8, 4) is 11.5 Å². The Bertz CT molecular complexity index is 695. The third-order valence-corrected chi connectivity index (χ3v) is 3.52. The molecular formula is C12H12N6OS. The highest BCUT2D eigenvalue weighted by molar-refractivity contribution is 7.99. The summed E-state index contributed by atoms with van der Waals surface area (Å²) in [5, 5.41) is 15.1. The summed E-state index contributed by atoms with van der Waals surface area (Å²) in [4.78, 5) is 4.03. The Kier molecular flexibility index (Phi) is 3.38. The predicted molar refractivity (Wildman–Crippen MR) is 74.8 cm³/mol. The molecule has 2 aromatic heterocycles. The van der Waals surface area contributed by atoms with Crippen molar-refractivity contribution in [2.75, 3.05) is 5.73 Å². The van der Waals surface area contributed by atoms with E-state index in [2.05, 4.69) is 25.4 Å². The molecule has 3 rings (SSSR count). The van der Waals surface area contributed by atoms with Crippen LogP contribution in [0.5, 0.6) is 0 Å². The van der Waals surface area contributed by atoms with Gasteiger partial charge in [-0.3, -0.25) is 0 Å². The molecule has 3 N–H and O–H groups in total. The maximum absolute atomic E-state index is 5.67. The van der Waals surface area contributed by atoms with Crippen LogP contribution in [0.2, 0.25) is 0 Å². The van der Waals surface area contributed by atoms with E-state index in [1.165, 1.54) is 11.8 Å². The molecule has 0 saturated carbocycles. The number of thioether (sulfide) groups is 1. The number of aromatic nitrogens is 5. The van der Waals surface area contributed by atoms with Gasteiger partial charge in [-0.15, -0.1) is 15.3 Å². The highest BCUT2D eigenvalue weighted by atomic mass is 32.2. The molecule has 0 radical (unpaired) electrons. The molecule has 20 heavy (non-hydrogen) atoms. The molecule has 0 aliphatic heterocycles. The first-order valence-corrected chi connectivity index (χ1v) is 6.83. The lowest BCUT2D eigenvalue weighted by Crippen LogP contribution is -1.90. The number of rotatable bonds is 4. The smallest absolute Gasteiger partial charge is 0.247 e. The Morgan fingerprint density at radius 2 is 2.05 bits per heavy atom. The fourth-order valence-corrected chi connectivity index (χ4v) is 2.38. The average molecular weight is 288 g/mol. The highest BCUT2D eigenvalue weighted by Gasteiger charge is 2.18. The van der Waals surface area contributed by atoms with Gasteiger partial charge in [0.05, 0.1) is 5.25 Å². The number of hydrogen-bond acceptors (Lipinski definition) is 7. The minimum atomic E-state index is -0.0600. The topological polar surface area (TPSA) is 107 Å². The molecule has 0 bridgehead atoms. The summed E-state index contributed by atoms with van der Waals surface area (Å²) in [5.74, 6) is 1.31. The lowest BCUT2D eigenvalue weighted by Gasteiger charge is -2.01. The van der Waals surface area contributed by atoms with E-state index < -0.39 is 0 Å². The first kappa shape index (κ1) is 12.7. The van der Waals surface area contributed by atoms with E-state index in [1.807, 2.05) is 37.3 Å². The Morgan fingerprint density at radius 1 is 1.25 bits per heavy atom. The predicted octanol–water partition coefficient (Wildman–Crippen LogP) is 2.29. The molecule has 8 heteroatoms. The Balaban J connectivity index is 1.76. The molecule has 0 spiro atoms. The van der Waals surface area contributed by atoms with Gasteiger partial charge in [0, 0.05) is 5.56 Å². The van der Waals surface area contributed by atoms with Gasteiger partial charge in [-0.25, -0.2) is 5.10 Å². The van der Waals surface area contributed by atoms with Crippen molar-refractivity contribution in [3.63, 3.8) is 0 Å². The van der Waals surface area contributed by atoms with Crippen LogP contribution < -0.4 is 5.73 Å². The normalized spacial score (nSPS) is 12.4. The fourth-order valence-electron chi connectivity index (χ4n) is 1.62. The van der Waals surface area contributed by atoms with Crippen LogP contribution in [0.1, 0.15) is 18.1 Å². The third kappa shape index (κ3) is 2.64. The summed E-state index contributed by atoms with van der Waals surface area (Å²) in [6.07, 6.45) is 0. The first-order valence-electron chi connectivity index (χ1n) is 5.96. The number of nitrogens with one attached hydrogen (secondary N) is 1. The molecule has 1 atom stereocenters. The van der Waals surface area contributed by atoms with Gasteiger partial charge < -0.3 is 10.2 Å². The van der Waals surface area contributed by atoms with Crippen LogP contribution in [-0.4, -0.2) is 25.4 Å². The first-order chi connectivity index (χ1) is 9.72.